The number of thiophene rings is 1. The molecular weight excluding hydrogens is 306 g/mol. The summed E-state index contributed by atoms with van der Waals surface area (Å²) in [6, 6.07) is 11.0. The van der Waals surface area contributed by atoms with Gasteiger partial charge in [0.2, 0.25) is 10.0 Å². The molecule has 21 heavy (non-hydrogen) atoms. The molecule has 1 aromatic heterocycles. The molecule has 0 aliphatic heterocycles. The highest BCUT2D eigenvalue weighted by molar-refractivity contribution is 7.91. The van der Waals surface area contributed by atoms with Gasteiger partial charge in [0.25, 0.3) is 0 Å². The first-order valence-corrected chi connectivity index (χ1v) is 9.00. The molecule has 0 radical (unpaired) electrons. The van der Waals surface area contributed by atoms with E-state index in [-0.39, 0.29) is 17.4 Å². The van der Waals surface area contributed by atoms with E-state index in [0.29, 0.717) is 10.8 Å². The highest BCUT2D eigenvalue weighted by Gasteiger charge is 2.16. The molecule has 0 fully saturated rings. The van der Waals surface area contributed by atoms with Crippen LogP contribution in [-0.4, -0.2) is 13.5 Å². The van der Waals surface area contributed by atoms with Gasteiger partial charge in [-0.1, -0.05) is 38.1 Å². The molecule has 0 aliphatic carbocycles. The Morgan fingerprint density at radius 2 is 1.81 bits per heavy atom. The van der Waals surface area contributed by atoms with Gasteiger partial charge in [0, 0.05) is 11.4 Å². The zero-order chi connectivity index (χ0) is 15.5. The van der Waals surface area contributed by atoms with Crippen LogP contribution in [0.3, 0.4) is 0 Å². The molecule has 0 bridgehead atoms. The Labute approximate surface area is 129 Å². The summed E-state index contributed by atoms with van der Waals surface area (Å²) in [5, 5.41) is 8.99. The summed E-state index contributed by atoms with van der Waals surface area (Å²) in [4.78, 5) is 0.636. The minimum absolute atomic E-state index is 0.142. The maximum atomic E-state index is 12.1. The van der Waals surface area contributed by atoms with Crippen molar-refractivity contribution in [2.45, 2.75) is 37.1 Å². The van der Waals surface area contributed by atoms with E-state index in [1.165, 1.54) is 11.6 Å². The van der Waals surface area contributed by atoms with Crippen LogP contribution in [0.15, 0.2) is 40.6 Å². The second-order valence-corrected chi connectivity index (χ2v) is 8.26. The van der Waals surface area contributed by atoms with Crippen molar-refractivity contribution in [1.82, 2.24) is 4.72 Å². The third kappa shape index (κ3) is 4.14. The second-order valence-electron chi connectivity index (χ2n) is 5.10. The van der Waals surface area contributed by atoms with Gasteiger partial charge in [0.05, 0.1) is 6.61 Å². The Balaban J connectivity index is 2.04. The smallest absolute Gasteiger partial charge is 0.250 e. The molecule has 2 N–H and O–H groups in total. The Kier molecular flexibility index (Phi) is 5.16. The molecule has 0 spiro atoms. The van der Waals surface area contributed by atoms with Gasteiger partial charge in [0.15, 0.2) is 0 Å². The lowest BCUT2D eigenvalue weighted by molar-refractivity contribution is 0.285. The fourth-order valence-electron chi connectivity index (χ4n) is 1.86. The van der Waals surface area contributed by atoms with Crippen LogP contribution < -0.4 is 4.72 Å². The lowest BCUT2D eigenvalue weighted by Crippen LogP contribution is -2.22. The Morgan fingerprint density at radius 3 is 2.33 bits per heavy atom. The van der Waals surface area contributed by atoms with Gasteiger partial charge in [-0.15, -0.1) is 11.3 Å². The average molecular weight is 325 g/mol. The molecule has 0 aliphatic rings. The van der Waals surface area contributed by atoms with Crippen LogP contribution in [0.25, 0.3) is 0 Å². The Bertz CT molecular complexity index is 688. The quantitative estimate of drug-likeness (QED) is 0.858. The summed E-state index contributed by atoms with van der Waals surface area (Å²) in [5.74, 6) is 0.457. The van der Waals surface area contributed by atoms with E-state index in [2.05, 4.69) is 18.6 Å². The van der Waals surface area contributed by atoms with Gasteiger partial charge in [-0.05, 0) is 29.2 Å². The molecule has 0 atom stereocenters. The standard InChI is InChI=1S/C15H19NO3S2/c1-11(2)13-5-3-12(4-6-13)9-16-21(18,19)15-8-7-14(10-17)20-15/h3-8,11,16-17H,9-10H2,1-2H3. The van der Waals surface area contributed by atoms with Crippen LogP contribution in [0.2, 0.25) is 0 Å². The van der Waals surface area contributed by atoms with E-state index in [0.717, 1.165) is 16.9 Å². The van der Waals surface area contributed by atoms with Gasteiger partial charge < -0.3 is 5.11 Å². The molecule has 1 heterocycles. The van der Waals surface area contributed by atoms with Crippen molar-refractivity contribution < 1.29 is 13.5 Å². The summed E-state index contributed by atoms with van der Waals surface area (Å²) in [6.45, 7) is 4.35. The van der Waals surface area contributed by atoms with Crippen LogP contribution in [0.1, 0.15) is 35.8 Å². The van der Waals surface area contributed by atoms with Gasteiger partial charge in [-0.2, -0.15) is 0 Å². The number of aliphatic hydroxyl groups excluding tert-OH is 1. The number of hydrogen-bond donors (Lipinski definition) is 2. The van der Waals surface area contributed by atoms with Crippen molar-refractivity contribution in [1.29, 1.82) is 0 Å². The van der Waals surface area contributed by atoms with Crippen molar-refractivity contribution in [3.63, 3.8) is 0 Å². The van der Waals surface area contributed by atoms with E-state index in [9.17, 15) is 8.42 Å². The molecule has 6 heteroatoms. The minimum Gasteiger partial charge on any atom is -0.391 e. The summed E-state index contributed by atoms with van der Waals surface area (Å²) in [6.07, 6.45) is 0. The minimum atomic E-state index is -3.52. The molecule has 2 rings (SSSR count). The molecule has 1 aromatic carbocycles. The van der Waals surface area contributed by atoms with Gasteiger partial charge >= 0.3 is 0 Å². The first-order valence-electron chi connectivity index (χ1n) is 6.70. The van der Waals surface area contributed by atoms with Crippen molar-refractivity contribution >= 4 is 21.4 Å². The molecule has 0 saturated carbocycles. The first-order chi connectivity index (χ1) is 9.92. The molecular formula is C15H19NO3S2. The lowest BCUT2D eigenvalue weighted by atomic mass is 10.0. The predicted molar refractivity (Wildman–Crippen MR) is 84.8 cm³/mol. The topological polar surface area (TPSA) is 66.4 Å². The monoisotopic (exact) mass is 325 g/mol. The van der Waals surface area contributed by atoms with Crippen LogP contribution in [0, 0.1) is 0 Å². The van der Waals surface area contributed by atoms with E-state index < -0.39 is 10.0 Å². The number of nitrogens with one attached hydrogen (secondary N) is 1. The number of rotatable bonds is 6. The molecule has 2 aromatic rings. The highest BCUT2D eigenvalue weighted by Crippen LogP contribution is 2.21. The normalized spacial score (nSPS) is 12.0. The fraction of sp³-hybridized carbons (Fsp3) is 0.333. The van der Waals surface area contributed by atoms with E-state index in [4.69, 9.17) is 5.11 Å². The zero-order valence-electron chi connectivity index (χ0n) is 12.0. The highest BCUT2D eigenvalue weighted by atomic mass is 32.2. The lowest BCUT2D eigenvalue weighted by Gasteiger charge is -2.08. The van der Waals surface area contributed by atoms with Crippen LogP contribution >= 0.6 is 11.3 Å². The summed E-state index contributed by atoms with van der Waals surface area (Å²) in [5.41, 5.74) is 2.15. The second kappa shape index (κ2) is 6.70. The molecule has 114 valence electrons. The molecule has 0 unspecified atom stereocenters. The molecule has 4 nitrogen and oxygen atoms in total. The van der Waals surface area contributed by atoms with Crippen LogP contribution in [0.5, 0.6) is 0 Å². The van der Waals surface area contributed by atoms with Crippen molar-refractivity contribution in [3.8, 4) is 0 Å². The van der Waals surface area contributed by atoms with E-state index >= 15 is 0 Å². The number of benzene rings is 1. The van der Waals surface area contributed by atoms with E-state index in [1.807, 2.05) is 24.3 Å². The summed E-state index contributed by atoms with van der Waals surface area (Å²) in [7, 11) is -3.52. The van der Waals surface area contributed by atoms with Crippen molar-refractivity contribution in [2.75, 3.05) is 0 Å². The number of sulfonamides is 1. The summed E-state index contributed by atoms with van der Waals surface area (Å²) < 4.78 is 27.1. The van der Waals surface area contributed by atoms with Crippen molar-refractivity contribution in [2.24, 2.45) is 0 Å². The SMILES string of the molecule is CC(C)c1ccc(CNS(=O)(=O)c2ccc(CO)s2)cc1. The number of aliphatic hydroxyl groups is 1. The van der Waals surface area contributed by atoms with Crippen LogP contribution in [0.4, 0.5) is 0 Å². The average Bonchev–Trinajstić information content (AvgIpc) is 2.95. The number of hydrogen-bond acceptors (Lipinski definition) is 4. The third-order valence-corrected chi connectivity index (χ3v) is 6.13. The third-order valence-electron chi connectivity index (χ3n) is 3.17. The first kappa shape index (κ1) is 16.2. The Morgan fingerprint density at radius 1 is 1.14 bits per heavy atom. The predicted octanol–water partition coefficient (Wildman–Crippen LogP) is 2.84. The summed E-state index contributed by atoms with van der Waals surface area (Å²) >= 11 is 1.08. The van der Waals surface area contributed by atoms with E-state index in [1.54, 1.807) is 6.07 Å². The van der Waals surface area contributed by atoms with Gasteiger partial charge in [-0.25, -0.2) is 13.1 Å². The van der Waals surface area contributed by atoms with Crippen molar-refractivity contribution in [3.05, 3.63) is 52.4 Å². The largest absolute Gasteiger partial charge is 0.391 e. The maximum absolute atomic E-state index is 12.1. The molecule has 0 amide bonds. The van der Waals surface area contributed by atoms with Gasteiger partial charge in [0.1, 0.15) is 4.21 Å². The van der Waals surface area contributed by atoms with Gasteiger partial charge in [-0.3, -0.25) is 0 Å². The zero-order valence-corrected chi connectivity index (χ0v) is 13.7. The fourth-order valence-corrected chi connectivity index (χ4v) is 4.14. The maximum Gasteiger partial charge on any atom is 0.250 e. The Hall–Kier alpha value is -1.21. The van der Waals surface area contributed by atoms with Crippen LogP contribution in [-0.2, 0) is 23.2 Å². The molecule has 0 saturated heterocycles.